The van der Waals surface area contributed by atoms with Crippen molar-refractivity contribution >= 4 is 5.91 Å². The maximum absolute atomic E-state index is 12.4. The van der Waals surface area contributed by atoms with Crippen LogP contribution in [0, 0.1) is 0 Å². The molecular weight excluding hydrogens is 278 g/mol. The molecule has 0 bridgehead atoms. The lowest BCUT2D eigenvalue weighted by atomic mass is 10.0. The van der Waals surface area contributed by atoms with Crippen LogP contribution in [0.2, 0.25) is 0 Å². The summed E-state index contributed by atoms with van der Waals surface area (Å²) in [7, 11) is 0. The van der Waals surface area contributed by atoms with E-state index in [-0.39, 0.29) is 11.7 Å². The molecule has 0 radical (unpaired) electrons. The average Bonchev–Trinajstić information content (AvgIpc) is 2.45. The molecule has 0 fully saturated rings. The SMILES string of the molecule is CCCC(N)C(=O)NC(CC)c1ccccc1OC(F)F. The summed E-state index contributed by atoms with van der Waals surface area (Å²) in [6.45, 7) is 0.896. The van der Waals surface area contributed by atoms with E-state index in [2.05, 4.69) is 10.1 Å². The van der Waals surface area contributed by atoms with Gasteiger partial charge in [0.1, 0.15) is 5.75 Å². The molecular formula is C15H22F2N2O2. The molecule has 0 saturated heterocycles. The number of hydrogen-bond acceptors (Lipinski definition) is 3. The molecule has 2 unspecified atom stereocenters. The van der Waals surface area contributed by atoms with Crippen LogP contribution in [0.25, 0.3) is 0 Å². The number of hydrogen-bond donors (Lipinski definition) is 2. The van der Waals surface area contributed by atoms with Gasteiger partial charge < -0.3 is 15.8 Å². The Kier molecular flexibility index (Phi) is 7.08. The molecule has 1 rings (SSSR count). The average molecular weight is 300 g/mol. The van der Waals surface area contributed by atoms with Gasteiger partial charge in [-0.1, -0.05) is 38.5 Å². The van der Waals surface area contributed by atoms with Crippen molar-refractivity contribution in [2.75, 3.05) is 0 Å². The molecule has 0 saturated carbocycles. The van der Waals surface area contributed by atoms with E-state index in [0.29, 0.717) is 18.4 Å². The lowest BCUT2D eigenvalue weighted by molar-refractivity contribution is -0.123. The van der Waals surface area contributed by atoms with Gasteiger partial charge in [-0.3, -0.25) is 4.79 Å². The number of benzene rings is 1. The predicted molar refractivity (Wildman–Crippen MR) is 77.1 cm³/mol. The minimum atomic E-state index is -2.90. The topological polar surface area (TPSA) is 64.4 Å². The van der Waals surface area contributed by atoms with Gasteiger partial charge >= 0.3 is 6.61 Å². The van der Waals surface area contributed by atoms with Crippen LogP contribution in [-0.2, 0) is 4.79 Å². The van der Waals surface area contributed by atoms with Crippen molar-refractivity contribution in [1.29, 1.82) is 0 Å². The largest absolute Gasteiger partial charge is 0.434 e. The first-order valence-electron chi connectivity index (χ1n) is 7.09. The summed E-state index contributed by atoms with van der Waals surface area (Å²) in [5.74, 6) is -0.209. The highest BCUT2D eigenvalue weighted by Gasteiger charge is 2.21. The number of nitrogens with one attached hydrogen (secondary N) is 1. The number of nitrogens with two attached hydrogens (primary N) is 1. The Morgan fingerprint density at radius 3 is 2.57 bits per heavy atom. The summed E-state index contributed by atoms with van der Waals surface area (Å²) in [6.07, 6.45) is 1.93. The second kappa shape index (κ2) is 8.56. The fourth-order valence-corrected chi connectivity index (χ4v) is 2.09. The number of carbonyl (C=O) groups excluding carboxylic acids is 1. The second-order valence-electron chi connectivity index (χ2n) is 4.78. The van der Waals surface area contributed by atoms with Gasteiger partial charge in [0.15, 0.2) is 0 Å². The summed E-state index contributed by atoms with van der Waals surface area (Å²) in [6, 6.07) is 5.45. The Balaban J connectivity index is 2.87. The van der Waals surface area contributed by atoms with Crippen LogP contribution >= 0.6 is 0 Å². The third-order valence-corrected chi connectivity index (χ3v) is 3.17. The maximum Gasteiger partial charge on any atom is 0.387 e. The normalized spacial score (nSPS) is 13.8. The van der Waals surface area contributed by atoms with E-state index in [1.165, 1.54) is 6.07 Å². The lowest BCUT2D eigenvalue weighted by Gasteiger charge is -2.22. The van der Waals surface area contributed by atoms with E-state index >= 15 is 0 Å². The number of rotatable bonds is 8. The number of amides is 1. The Bertz CT molecular complexity index is 455. The molecule has 0 heterocycles. The lowest BCUT2D eigenvalue weighted by Crippen LogP contribution is -2.42. The van der Waals surface area contributed by atoms with Crippen molar-refractivity contribution in [2.24, 2.45) is 5.73 Å². The zero-order valence-corrected chi connectivity index (χ0v) is 12.3. The fraction of sp³-hybridized carbons (Fsp3) is 0.533. The van der Waals surface area contributed by atoms with Gasteiger partial charge in [0.25, 0.3) is 0 Å². The van der Waals surface area contributed by atoms with Crippen molar-refractivity contribution in [3.8, 4) is 5.75 Å². The number of ether oxygens (including phenoxy) is 1. The Labute approximate surface area is 123 Å². The van der Waals surface area contributed by atoms with E-state index < -0.39 is 18.7 Å². The van der Waals surface area contributed by atoms with Gasteiger partial charge in [0.2, 0.25) is 5.91 Å². The number of para-hydroxylation sites is 1. The number of halogens is 2. The summed E-state index contributed by atoms with van der Waals surface area (Å²) in [5, 5.41) is 2.79. The highest BCUT2D eigenvalue weighted by atomic mass is 19.3. The molecule has 2 atom stereocenters. The molecule has 0 aromatic heterocycles. The molecule has 0 aliphatic heterocycles. The zero-order valence-electron chi connectivity index (χ0n) is 12.3. The molecule has 4 nitrogen and oxygen atoms in total. The van der Waals surface area contributed by atoms with E-state index in [9.17, 15) is 13.6 Å². The molecule has 0 aliphatic carbocycles. The van der Waals surface area contributed by atoms with Crippen LogP contribution in [0.5, 0.6) is 5.75 Å². The van der Waals surface area contributed by atoms with Gasteiger partial charge in [-0.05, 0) is 18.9 Å². The van der Waals surface area contributed by atoms with Crippen LogP contribution in [-0.4, -0.2) is 18.6 Å². The van der Waals surface area contributed by atoms with Crippen LogP contribution < -0.4 is 15.8 Å². The molecule has 1 amide bonds. The van der Waals surface area contributed by atoms with E-state index in [1.54, 1.807) is 18.2 Å². The monoisotopic (exact) mass is 300 g/mol. The quantitative estimate of drug-likeness (QED) is 0.775. The van der Waals surface area contributed by atoms with Gasteiger partial charge in [-0.15, -0.1) is 0 Å². The summed E-state index contributed by atoms with van der Waals surface area (Å²) >= 11 is 0. The minimum absolute atomic E-state index is 0.0729. The van der Waals surface area contributed by atoms with Crippen LogP contribution in [0.1, 0.15) is 44.7 Å². The molecule has 1 aromatic rings. The van der Waals surface area contributed by atoms with Crippen LogP contribution in [0.4, 0.5) is 8.78 Å². The molecule has 118 valence electrons. The Morgan fingerprint density at radius 1 is 1.33 bits per heavy atom. The second-order valence-corrected chi connectivity index (χ2v) is 4.78. The Morgan fingerprint density at radius 2 is 2.00 bits per heavy atom. The van der Waals surface area contributed by atoms with Gasteiger partial charge in [0.05, 0.1) is 12.1 Å². The fourth-order valence-electron chi connectivity index (χ4n) is 2.09. The first kappa shape index (κ1) is 17.4. The third-order valence-electron chi connectivity index (χ3n) is 3.17. The molecule has 0 spiro atoms. The molecule has 21 heavy (non-hydrogen) atoms. The predicted octanol–water partition coefficient (Wildman–Crippen LogP) is 2.98. The molecule has 1 aromatic carbocycles. The molecule has 6 heteroatoms. The van der Waals surface area contributed by atoms with Crippen molar-refractivity contribution in [2.45, 2.75) is 51.8 Å². The van der Waals surface area contributed by atoms with E-state index in [1.807, 2.05) is 13.8 Å². The van der Waals surface area contributed by atoms with Crippen molar-refractivity contribution < 1.29 is 18.3 Å². The van der Waals surface area contributed by atoms with Gasteiger partial charge in [0, 0.05) is 5.56 Å². The number of alkyl halides is 2. The highest BCUT2D eigenvalue weighted by Crippen LogP contribution is 2.28. The smallest absolute Gasteiger partial charge is 0.387 e. The van der Waals surface area contributed by atoms with E-state index in [0.717, 1.165) is 6.42 Å². The molecule has 0 aliphatic rings. The number of carbonyl (C=O) groups is 1. The minimum Gasteiger partial charge on any atom is -0.434 e. The summed E-state index contributed by atoms with van der Waals surface area (Å²) < 4.78 is 29.4. The van der Waals surface area contributed by atoms with Crippen molar-refractivity contribution in [1.82, 2.24) is 5.32 Å². The standard InChI is InChI=1S/C15H22F2N2O2/c1-3-7-11(18)14(20)19-12(4-2)10-8-5-6-9-13(10)21-15(16)17/h5-6,8-9,11-12,15H,3-4,7,18H2,1-2H3,(H,19,20). The van der Waals surface area contributed by atoms with Gasteiger partial charge in [-0.25, -0.2) is 0 Å². The third kappa shape index (κ3) is 5.30. The molecule has 3 N–H and O–H groups in total. The first-order chi connectivity index (χ1) is 9.99. The van der Waals surface area contributed by atoms with Crippen LogP contribution in [0.15, 0.2) is 24.3 Å². The van der Waals surface area contributed by atoms with Crippen LogP contribution in [0.3, 0.4) is 0 Å². The van der Waals surface area contributed by atoms with E-state index in [4.69, 9.17) is 5.73 Å². The van der Waals surface area contributed by atoms with Crippen molar-refractivity contribution in [3.05, 3.63) is 29.8 Å². The van der Waals surface area contributed by atoms with Crippen molar-refractivity contribution in [3.63, 3.8) is 0 Å². The summed E-state index contributed by atoms with van der Waals surface area (Å²) in [5.41, 5.74) is 6.29. The maximum atomic E-state index is 12.4. The zero-order chi connectivity index (χ0) is 15.8. The Hall–Kier alpha value is -1.69. The highest BCUT2D eigenvalue weighted by molar-refractivity contribution is 5.81. The first-order valence-corrected chi connectivity index (χ1v) is 7.09. The van der Waals surface area contributed by atoms with Gasteiger partial charge in [-0.2, -0.15) is 8.78 Å². The summed E-state index contributed by atoms with van der Waals surface area (Å²) in [4.78, 5) is 12.0.